The maximum absolute atomic E-state index is 13.3. The van der Waals surface area contributed by atoms with Gasteiger partial charge in [-0.3, -0.25) is 14.7 Å². The topological polar surface area (TPSA) is 36.4 Å². The summed E-state index contributed by atoms with van der Waals surface area (Å²) in [6.07, 6.45) is 6.52. The van der Waals surface area contributed by atoms with E-state index in [1.807, 2.05) is 18.3 Å². The molecular weight excluding hydrogens is 334 g/mol. The summed E-state index contributed by atoms with van der Waals surface area (Å²) in [6, 6.07) is 13.7. The number of hydrogen-bond donors (Lipinski definition) is 0. The van der Waals surface area contributed by atoms with E-state index in [0.717, 1.165) is 12.1 Å². The molecule has 27 heavy (non-hydrogen) atoms. The van der Waals surface area contributed by atoms with Crippen LogP contribution in [-0.4, -0.2) is 52.4 Å². The Hall–Kier alpha value is -2.20. The zero-order chi connectivity index (χ0) is 18.4. The third kappa shape index (κ3) is 2.96. The second-order valence-corrected chi connectivity index (χ2v) is 8.46. The first-order valence-electron chi connectivity index (χ1n) is 10.2. The van der Waals surface area contributed by atoms with Crippen molar-refractivity contribution in [2.24, 2.45) is 5.92 Å². The lowest BCUT2D eigenvalue weighted by molar-refractivity contribution is -0.135. The van der Waals surface area contributed by atoms with Gasteiger partial charge in [0.25, 0.3) is 0 Å². The van der Waals surface area contributed by atoms with Gasteiger partial charge in [-0.25, -0.2) is 0 Å². The minimum Gasteiger partial charge on any atom is -0.337 e. The molecule has 4 nitrogen and oxygen atoms in total. The van der Waals surface area contributed by atoms with E-state index >= 15 is 0 Å². The van der Waals surface area contributed by atoms with Crippen molar-refractivity contribution < 1.29 is 4.79 Å². The second kappa shape index (κ2) is 6.75. The molecule has 4 heteroatoms. The van der Waals surface area contributed by atoms with Crippen LogP contribution in [0.1, 0.15) is 35.4 Å². The molecule has 0 spiro atoms. The molecule has 3 atom stereocenters. The van der Waals surface area contributed by atoms with Crippen molar-refractivity contribution in [3.8, 4) is 0 Å². The zero-order valence-electron chi connectivity index (χ0n) is 15.9. The fourth-order valence-corrected chi connectivity index (χ4v) is 5.59. The SMILES string of the molecule is Cc1ccc([C@@H]2CN(C(=O)Cc3cccnc3)[C@@H]3C4CCN(CC4)[C@@H]32)cc1. The molecule has 2 aromatic rings. The Bertz CT molecular complexity index is 811. The smallest absolute Gasteiger partial charge is 0.227 e. The molecule has 1 aromatic heterocycles. The molecule has 6 rings (SSSR count). The summed E-state index contributed by atoms with van der Waals surface area (Å²) in [5, 5.41) is 0. The third-order valence-corrected chi connectivity index (χ3v) is 6.90. The van der Waals surface area contributed by atoms with E-state index < -0.39 is 0 Å². The van der Waals surface area contributed by atoms with Crippen LogP contribution in [0.2, 0.25) is 0 Å². The number of fused-ring (bicyclic) bond motifs is 2. The monoisotopic (exact) mass is 361 g/mol. The Labute approximate surface area is 161 Å². The number of aryl methyl sites for hydroxylation is 1. The predicted molar refractivity (Wildman–Crippen MR) is 105 cm³/mol. The largest absolute Gasteiger partial charge is 0.337 e. The average molecular weight is 361 g/mol. The highest BCUT2D eigenvalue weighted by Crippen LogP contribution is 2.46. The van der Waals surface area contributed by atoms with Crippen LogP contribution in [0, 0.1) is 12.8 Å². The van der Waals surface area contributed by atoms with Gasteiger partial charge in [-0.05, 0) is 56.0 Å². The third-order valence-electron chi connectivity index (χ3n) is 6.90. The molecule has 0 aliphatic carbocycles. The second-order valence-electron chi connectivity index (χ2n) is 8.46. The first-order valence-corrected chi connectivity index (χ1v) is 10.2. The van der Waals surface area contributed by atoms with E-state index in [1.165, 1.54) is 37.1 Å². The molecule has 0 N–H and O–H groups in total. The van der Waals surface area contributed by atoms with Crippen LogP contribution in [0.3, 0.4) is 0 Å². The van der Waals surface area contributed by atoms with Gasteiger partial charge in [-0.2, -0.15) is 0 Å². The van der Waals surface area contributed by atoms with Crippen LogP contribution in [0.4, 0.5) is 0 Å². The van der Waals surface area contributed by atoms with Crippen molar-refractivity contribution in [1.29, 1.82) is 0 Å². The molecule has 4 aliphatic heterocycles. The summed E-state index contributed by atoms with van der Waals surface area (Å²) in [6.45, 7) is 5.37. The van der Waals surface area contributed by atoms with Crippen molar-refractivity contribution >= 4 is 5.91 Å². The minimum atomic E-state index is 0.265. The normalized spacial score (nSPS) is 31.7. The van der Waals surface area contributed by atoms with Crippen molar-refractivity contribution in [1.82, 2.24) is 14.8 Å². The number of aromatic nitrogens is 1. The van der Waals surface area contributed by atoms with Crippen LogP contribution in [-0.2, 0) is 11.2 Å². The van der Waals surface area contributed by atoms with E-state index in [9.17, 15) is 4.79 Å². The van der Waals surface area contributed by atoms with Crippen LogP contribution in [0.15, 0.2) is 48.8 Å². The summed E-state index contributed by atoms with van der Waals surface area (Å²) in [5.74, 6) is 1.35. The number of carbonyl (C=O) groups excluding carboxylic acids is 1. The summed E-state index contributed by atoms with van der Waals surface area (Å²) in [4.78, 5) is 22.3. The van der Waals surface area contributed by atoms with Crippen molar-refractivity contribution in [2.75, 3.05) is 19.6 Å². The molecule has 2 bridgehead atoms. The molecule has 0 radical (unpaired) electrons. The van der Waals surface area contributed by atoms with E-state index in [1.54, 1.807) is 6.20 Å². The predicted octanol–water partition coefficient (Wildman–Crippen LogP) is 3.02. The number of carbonyl (C=O) groups is 1. The molecule has 1 aromatic carbocycles. The summed E-state index contributed by atoms with van der Waals surface area (Å²) < 4.78 is 0. The van der Waals surface area contributed by atoms with Gasteiger partial charge in [0.05, 0.1) is 12.5 Å². The Balaban J connectivity index is 1.45. The summed E-state index contributed by atoms with van der Waals surface area (Å²) >= 11 is 0. The molecule has 5 heterocycles. The number of hydrogen-bond acceptors (Lipinski definition) is 3. The quantitative estimate of drug-likeness (QED) is 0.843. The summed E-state index contributed by atoms with van der Waals surface area (Å²) in [5.41, 5.74) is 3.70. The highest BCUT2D eigenvalue weighted by molar-refractivity contribution is 5.79. The van der Waals surface area contributed by atoms with Crippen LogP contribution in [0.25, 0.3) is 0 Å². The Kier molecular flexibility index (Phi) is 4.24. The van der Waals surface area contributed by atoms with Gasteiger partial charge in [-0.1, -0.05) is 35.9 Å². The first kappa shape index (κ1) is 16.9. The highest BCUT2D eigenvalue weighted by Gasteiger charge is 2.54. The number of benzene rings is 1. The van der Waals surface area contributed by atoms with Crippen LogP contribution < -0.4 is 0 Å². The first-order chi connectivity index (χ1) is 13.2. The molecule has 0 saturated carbocycles. The van der Waals surface area contributed by atoms with E-state index in [4.69, 9.17) is 0 Å². The fraction of sp³-hybridized carbons (Fsp3) is 0.478. The maximum Gasteiger partial charge on any atom is 0.227 e. The molecule has 4 aliphatic rings. The molecule has 0 unspecified atom stereocenters. The average Bonchev–Trinajstić information content (AvgIpc) is 3.13. The number of pyridine rings is 1. The number of amides is 1. The fourth-order valence-electron chi connectivity index (χ4n) is 5.59. The van der Waals surface area contributed by atoms with Gasteiger partial charge >= 0.3 is 0 Å². The zero-order valence-corrected chi connectivity index (χ0v) is 15.9. The van der Waals surface area contributed by atoms with Gasteiger partial charge in [0.15, 0.2) is 0 Å². The molecule has 140 valence electrons. The van der Waals surface area contributed by atoms with Crippen molar-refractivity contribution in [3.05, 3.63) is 65.5 Å². The molecule has 4 fully saturated rings. The van der Waals surface area contributed by atoms with Crippen molar-refractivity contribution in [3.63, 3.8) is 0 Å². The molecule has 4 saturated heterocycles. The molecule has 1 amide bonds. The van der Waals surface area contributed by atoms with E-state index in [-0.39, 0.29) is 5.91 Å². The van der Waals surface area contributed by atoms with E-state index in [0.29, 0.717) is 30.3 Å². The lowest BCUT2D eigenvalue weighted by Crippen LogP contribution is -2.60. The van der Waals surface area contributed by atoms with E-state index in [2.05, 4.69) is 46.0 Å². The lowest BCUT2D eigenvalue weighted by atomic mass is 9.75. The Morgan fingerprint density at radius 1 is 1.11 bits per heavy atom. The highest BCUT2D eigenvalue weighted by atomic mass is 16.2. The lowest BCUT2D eigenvalue weighted by Gasteiger charge is -2.51. The number of piperidine rings is 3. The van der Waals surface area contributed by atoms with Gasteiger partial charge in [-0.15, -0.1) is 0 Å². The molecular formula is C23H27N3O. The maximum atomic E-state index is 13.3. The van der Waals surface area contributed by atoms with Crippen molar-refractivity contribution in [2.45, 2.75) is 44.2 Å². The van der Waals surface area contributed by atoms with Gasteiger partial charge in [0.1, 0.15) is 0 Å². The summed E-state index contributed by atoms with van der Waals surface area (Å²) in [7, 11) is 0. The van der Waals surface area contributed by atoms with Gasteiger partial charge in [0.2, 0.25) is 5.91 Å². The van der Waals surface area contributed by atoms with Crippen LogP contribution >= 0.6 is 0 Å². The standard InChI is InChI=1S/C23H27N3O/c1-16-4-6-18(7-5-16)20-15-26(21(27)13-17-3-2-10-24-14-17)22-19-8-11-25(12-9-19)23(20)22/h2-7,10,14,19-20,22-23H,8-9,11-13,15H2,1H3/t20-,22+,23+/m0/s1. The number of nitrogens with zero attached hydrogens (tertiary/aromatic N) is 3. The Morgan fingerprint density at radius 3 is 2.59 bits per heavy atom. The van der Waals surface area contributed by atoms with Crippen LogP contribution in [0.5, 0.6) is 0 Å². The van der Waals surface area contributed by atoms with Gasteiger partial charge in [0, 0.05) is 30.9 Å². The van der Waals surface area contributed by atoms with Gasteiger partial charge < -0.3 is 4.90 Å². The number of rotatable bonds is 3. The minimum absolute atomic E-state index is 0.265. The Morgan fingerprint density at radius 2 is 1.89 bits per heavy atom. The number of likely N-dealkylation sites (tertiary alicyclic amines) is 1.